The molecule has 0 radical (unpaired) electrons. The van der Waals surface area contributed by atoms with Crippen molar-refractivity contribution in [2.45, 2.75) is 19.9 Å². The van der Waals surface area contributed by atoms with Gasteiger partial charge in [0.1, 0.15) is 11.6 Å². The summed E-state index contributed by atoms with van der Waals surface area (Å²) in [5, 5.41) is 11.8. The second kappa shape index (κ2) is 7.26. The average Bonchev–Trinajstić information content (AvgIpc) is 2.63. The monoisotopic (exact) mass is 398 g/mol. The van der Waals surface area contributed by atoms with Crippen LogP contribution in [0.2, 0.25) is 0 Å². The molecule has 28 heavy (non-hydrogen) atoms. The maximum Gasteiger partial charge on any atom is 0.259 e. The molecule has 1 aromatic heterocycles. The first kappa shape index (κ1) is 19.9. The number of H-pyrrole nitrogens is 1. The molecule has 4 N–H and O–H groups in total. The zero-order valence-corrected chi connectivity index (χ0v) is 16.2. The topological polar surface area (TPSA) is 79.1 Å². The highest BCUT2D eigenvalue weighted by Crippen LogP contribution is 2.40. The van der Waals surface area contributed by atoms with E-state index < -0.39 is 11.4 Å². The molecule has 0 aliphatic rings. The number of phenols is 1. The third-order valence-corrected chi connectivity index (χ3v) is 4.98. The average molecular weight is 399 g/mol. The van der Waals surface area contributed by atoms with Crippen molar-refractivity contribution in [2.75, 3.05) is 0 Å². The number of aromatic nitrogens is 1. The van der Waals surface area contributed by atoms with Crippen molar-refractivity contribution in [1.29, 1.82) is 0 Å². The molecule has 4 nitrogen and oxygen atoms in total. The number of nitrogens with one attached hydrogen (secondary N) is 1. The number of aromatic hydroxyl groups is 1. The van der Waals surface area contributed by atoms with Gasteiger partial charge in [0.15, 0.2) is 0 Å². The van der Waals surface area contributed by atoms with Crippen molar-refractivity contribution in [2.24, 2.45) is 5.73 Å². The van der Waals surface area contributed by atoms with Crippen LogP contribution in [0, 0.1) is 12.7 Å². The fraction of sp³-hybridized carbons (Fsp3) is 0.136. The molecule has 0 saturated carbocycles. The molecule has 1 heterocycles. The van der Waals surface area contributed by atoms with E-state index in [4.69, 9.17) is 5.73 Å². The quantitative estimate of drug-likeness (QED) is 0.418. The summed E-state index contributed by atoms with van der Waals surface area (Å²) in [6, 6.07) is 13.6. The predicted molar refractivity (Wildman–Crippen MR) is 114 cm³/mol. The number of aryl methyl sites for hydroxylation is 1. The molecule has 0 unspecified atom stereocenters. The number of halogens is 2. The molecule has 0 fully saturated rings. The van der Waals surface area contributed by atoms with Gasteiger partial charge in [0.2, 0.25) is 0 Å². The van der Waals surface area contributed by atoms with Crippen LogP contribution >= 0.6 is 12.4 Å². The lowest BCUT2D eigenvalue weighted by atomic mass is 9.92. The number of benzene rings is 3. The molecule has 0 spiro atoms. The highest BCUT2D eigenvalue weighted by Gasteiger charge is 2.18. The fourth-order valence-corrected chi connectivity index (χ4v) is 3.61. The van der Waals surface area contributed by atoms with E-state index in [1.165, 1.54) is 6.07 Å². The first-order valence-corrected chi connectivity index (χ1v) is 8.71. The minimum absolute atomic E-state index is 0. The van der Waals surface area contributed by atoms with Gasteiger partial charge in [-0.2, -0.15) is 0 Å². The Morgan fingerprint density at radius 1 is 1.11 bits per heavy atom. The van der Waals surface area contributed by atoms with E-state index in [0.717, 1.165) is 11.1 Å². The Morgan fingerprint density at radius 3 is 2.43 bits per heavy atom. The lowest BCUT2D eigenvalue weighted by Gasteiger charge is -2.15. The van der Waals surface area contributed by atoms with Gasteiger partial charge in [-0.25, -0.2) is 4.39 Å². The van der Waals surface area contributed by atoms with Gasteiger partial charge in [0.05, 0.1) is 10.9 Å². The second-order valence-electron chi connectivity index (χ2n) is 6.86. The van der Waals surface area contributed by atoms with Gasteiger partial charge in [-0.05, 0) is 42.7 Å². The summed E-state index contributed by atoms with van der Waals surface area (Å²) in [6.07, 6.45) is 0. The maximum absolute atomic E-state index is 14.4. The predicted octanol–water partition coefficient (Wildman–Crippen LogP) is 4.94. The van der Waals surface area contributed by atoms with Gasteiger partial charge in [-0.3, -0.25) is 4.79 Å². The largest absolute Gasteiger partial charge is 0.507 e. The van der Waals surface area contributed by atoms with Crippen LogP contribution < -0.4 is 11.3 Å². The van der Waals surface area contributed by atoms with E-state index in [1.54, 1.807) is 25.1 Å². The zero-order chi connectivity index (χ0) is 19.3. The highest BCUT2D eigenvalue weighted by molar-refractivity contribution is 6.14. The third kappa shape index (κ3) is 3.03. The molecular weight excluding hydrogens is 379 g/mol. The SMILES string of the molecule is Cc1cc(O)c(-c2ccc([C@@H](C)N)cc2)c2c1[nH]c(=O)c1c(F)cccc12.Cl. The number of fused-ring (bicyclic) bond motifs is 3. The molecule has 144 valence electrons. The number of hydrogen-bond donors (Lipinski definition) is 3. The summed E-state index contributed by atoms with van der Waals surface area (Å²) in [6.45, 7) is 3.70. The Balaban J connectivity index is 0.00000225. The molecule has 0 saturated heterocycles. The van der Waals surface area contributed by atoms with Crippen LogP contribution in [0.5, 0.6) is 5.75 Å². The summed E-state index contributed by atoms with van der Waals surface area (Å²) in [4.78, 5) is 15.2. The Morgan fingerprint density at radius 2 is 1.79 bits per heavy atom. The summed E-state index contributed by atoms with van der Waals surface area (Å²) in [5.74, 6) is -0.513. The normalized spacial score (nSPS) is 12.1. The van der Waals surface area contributed by atoms with Gasteiger partial charge < -0.3 is 15.8 Å². The lowest BCUT2D eigenvalue weighted by Crippen LogP contribution is -2.09. The summed E-state index contributed by atoms with van der Waals surface area (Å²) in [7, 11) is 0. The van der Waals surface area contributed by atoms with Crippen molar-refractivity contribution < 1.29 is 9.50 Å². The summed E-state index contributed by atoms with van der Waals surface area (Å²) in [5.41, 5.74) is 9.02. The second-order valence-corrected chi connectivity index (χ2v) is 6.86. The zero-order valence-electron chi connectivity index (χ0n) is 15.4. The molecule has 6 heteroatoms. The van der Waals surface area contributed by atoms with E-state index in [1.807, 2.05) is 31.2 Å². The molecule has 0 amide bonds. The van der Waals surface area contributed by atoms with Crippen LogP contribution in [-0.2, 0) is 0 Å². The van der Waals surface area contributed by atoms with E-state index in [2.05, 4.69) is 4.98 Å². The van der Waals surface area contributed by atoms with Crippen molar-refractivity contribution in [3.63, 3.8) is 0 Å². The first-order valence-electron chi connectivity index (χ1n) is 8.71. The fourth-order valence-electron chi connectivity index (χ4n) is 3.61. The van der Waals surface area contributed by atoms with Crippen molar-refractivity contribution >= 4 is 34.1 Å². The molecule has 1 atom stereocenters. The van der Waals surface area contributed by atoms with Crippen molar-refractivity contribution in [1.82, 2.24) is 4.98 Å². The molecule has 0 bridgehead atoms. The minimum atomic E-state index is -0.588. The Labute approximate surface area is 167 Å². The van der Waals surface area contributed by atoms with Gasteiger partial charge in [-0.1, -0.05) is 36.4 Å². The summed E-state index contributed by atoms with van der Waals surface area (Å²) < 4.78 is 14.4. The smallest absolute Gasteiger partial charge is 0.259 e. The van der Waals surface area contributed by atoms with Crippen LogP contribution in [0.1, 0.15) is 24.1 Å². The number of hydrogen-bond acceptors (Lipinski definition) is 3. The molecule has 3 aromatic carbocycles. The van der Waals surface area contributed by atoms with E-state index in [9.17, 15) is 14.3 Å². The third-order valence-electron chi connectivity index (χ3n) is 4.98. The molecule has 0 aliphatic heterocycles. The van der Waals surface area contributed by atoms with Gasteiger partial charge in [0, 0.05) is 22.4 Å². The molecule has 4 aromatic rings. The summed E-state index contributed by atoms with van der Waals surface area (Å²) >= 11 is 0. The van der Waals surface area contributed by atoms with E-state index in [-0.39, 0.29) is 29.6 Å². The van der Waals surface area contributed by atoms with E-state index in [0.29, 0.717) is 27.4 Å². The van der Waals surface area contributed by atoms with Crippen LogP contribution in [-0.4, -0.2) is 10.1 Å². The number of nitrogens with two attached hydrogens (primary N) is 1. The number of phenolic OH excluding ortho intramolecular Hbond substituents is 1. The Bertz CT molecular complexity index is 1250. The lowest BCUT2D eigenvalue weighted by molar-refractivity contribution is 0.477. The Hall–Kier alpha value is -2.89. The Kier molecular flexibility index (Phi) is 5.15. The van der Waals surface area contributed by atoms with Gasteiger partial charge >= 0.3 is 0 Å². The number of aromatic amines is 1. The molecule has 0 aliphatic carbocycles. The van der Waals surface area contributed by atoms with Gasteiger partial charge in [-0.15, -0.1) is 12.4 Å². The van der Waals surface area contributed by atoms with Crippen LogP contribution in [0.25, 0.3) is 32.8 Å². The first-order chi connectivity index (χ1) is 12.9. The molecule has 4 rings (SSSR count). The number of pyridine rings is 1. The van der Waals surface area contributed by atoms with E-state index >= 15 is 0 Å². The van der Waals surface area contributed by atoms with Crippen LogP contribution in [0.15, 0.2) is 53.3 Å². The minimum Gasteiger partial charge on any atom is -0.507 e. The maximum atomic E-state index is 14.4. The van der Waals surface area contributed by atoms with Crippen LogP contribution in [0.3, 0.4) is 0 Å². The van der Waals surface area contributed by atoms with Crippen LogP contribution in [0.4, 0.5) is 4.39 Å². The number of rotatable bonds is 2. The highest BCUT2D eigenvalue weighted by atomic mass is 35.5. The molecular formula is C22H20ClFN2O2. The standard InChI is InChI=1S/C22H19FN2O2.ClH/c1-11-10-17(26)18(14-8-6-13(7-9-14)12(2)24)20-15-4-3-5-16(23)19(15)22(27)25-21(11)20;/h3-10,12,26H,24H2,1-2H3,(H,25,27);1H/t12-;/m1./s1. The van der Waals surface area contributed by atoms with Crippen molar-refractivity contribution in [3.05, 3.63) is 75.8 Å². The van der Waals surface area contributed by atoms with Crippen molar-refractivity contribution in [3.8, 4) is 16.9 Å². The van der Waals surface area contributed by atoms with Gasteiger partial charge in [0.25, 0.3) is 5.56 Å².